The van der Waals surface area contributed by atoms with Crippen LogP contribution in [0.1, 0.15) is 35.6 Å². The third-order valence-electron chi connectivity index (χ3n) is 4.82. The predicted molar refractivity (Wildman–Crippen MR) is 100 cm³/mol. The molecule has 132 valence electrons. The molecule has 0 aliphatic carbocycles. The molecule has 1 aromatic heterocycles. The number of aromatic nitrogens is 1. The van der Waals surface area contributed by atoms with Gasteiger partial charge in [-0.05, 0) is 31.0 Å². The summed E-state index contributed by atoms with van der Waals surface area (Å²) < 4.78 is 7.28. The van der Waals surface area contributed by atoms with Crippen LogP contribution in [-0.2, 0) is 9.53 Å². The minimum absolute atomic E-state index is 0.0606. The summed E-state index contributed by atoms with van der Waals surface area (Å²) in [6, 6.07) is 6.22. The molecule has 25 heavy (non-hydrogen) atoms. The van der Waals surface area contributed by atoms with E-state index in [2.05, 4.69) is 30.1 Å². The maximum absolute atomic E-state index is 10.9. The molecule has 2 aliphatic heterocycles. The second kappa shape index (κ2) is 6.38. The van der Waals surface area contributed by atoms with Crippen molar-refractivity contribution < 1.29 is 14.6 Å². The SMILES string of the molecule is Cc1cc(C2CCOC2)c2c(c1)cc(C1=NC(CC(=O)O)CS1)n2N. The van der Waals surface area contributed by atoms with Crippen molar-refractivity contribution in [2.45, 2.75) is 31.7 Å². The van der Waals surface area contributed by atoms with Crippen molar-refractivity contribution in [3.8, 4) is 0 Å². The van der Waals surface area contributed by atoms with Crippen LogP contribution in [-0.4, -0.2) is 45.8 Å². The molecular formula is C18H21N3O3S. The number of aliphatic carboxylic acids is 1. The summed E-state index contributed by atoms with van der Waals surface area (Å²) in [5, 5.41) is 10.9. The summed E-state index contributed by atoms with van der Waals surface area (Å²) in [5.41, 5.74) is 4.32. The molecule has 2 unspecified atom stereocenters. The van der Waals surface area contributed by atoms with Crippen LogP contribution in [0.4, 0.5) is 0 Å². The number of fused-ring (bicyclic) bond motifs is 1. The number of hydrogen-bond acceptors (Lipinski definition) is 5. The molecule has 7 heteroatoms. The maximum atomic E-state index is 10.9. The Morgan fingerprint density at radius 1 is 1.48 bits per heavy atom. The third-order valence-corrected chi connectivity index (χ3v) is 5.96. The first-order chi connectivity index (χ1) is 12.0. The number of hydrogen-bond donors (Lipinski definition) is 2. The molecule has 3 N–H and O–H groups in total. The van der Waals surface area contributed by atoms with Gasteiger partial charge in [0, 0.05) is 23.7 Å². The number of benzene rings is 1. The van der Waals surface area contributed by atoms with E-state index in [1.165, 1.54) is 11.1 Å². The van der Waals surface area contributed by atoms with E-state index in [1.807, 2.05) is 0 Å². The lowest BCUT2D eigenvalue weighted by atomic mass is 9.94. The van der Waals surface area contributed by atoms with Gasteiger partial charge in [0.05, 0.1) is 30.3 Å². The van der Waals surface area contributed by atoms with Crippen molar-refractivity contribution in [3.63, 3.8) is 0 Å². The number of nitrogens with zero attached hydrogens (tertiary/aromatic N) is 2. The number of thioether (sulfide) groups is 1. The number of rotatable bonds is 4. The maximum Gasteiger partial charge on any atom is 0.305 e. The van der Waals surface area contributed by atoms with Crippen LogP contribution in [0.3, 0.4) is 0 Å². The second-order valence-corrected chi connectivity index (χ2v) is 7.76. The lowest BCUT2D eigenvalue weighted by Crippen LogP contribution is -2.16. The van der Waals surface area contributed by atoms with Gasteiger partial charge < -0.3 is 15.7 Å². The van der Waals surface area contributed by atoms with E-state index in [0.717, 1.165) is 41.3 Å². The molecule has 0 amide bonds. The Morgan fingerprint density at radius 3 is 3.04 bits per heavy atom. The third kappa shape index (κ3) is 3.02. The van der Waals surface area contributed by atoms with Crippen molar-refractivity contribution >= 4 is 33.7 Å². The molecule has 1 fully saturated rings. The molecule has 3 heterocycles. The Kier molecular flexibility index (Phi) is 4.21. The van der Waals surface area contributed by atoms with Gasteiger partial charge in [-0.2, -0.15) is 0 Å². The molecule has 0 saturated carbocycles. The summed E-state index contributed by atoms with van der Waals surface area (Å²) in [4.78, 5) is 15.5. The predicted octanol–water partition coefficient (Wildman–Crippen LogP) is 2.50. The van der Waals surface area contributed by atoms with E-state index in [1.54, 1.807) is 16.4 Å². The zero-order valence-corrected chi connectivity index (χ0v) is 14.9. The van der Waals surface area contributed by atoms with E-state index in [0.29, 0.717) is 11.7 Å². The molecule has 4 rings (SSSR count). The van der Waals surface area contributed by atoms with Gasteiger partial charge in [-0.1, -0.05) is 11.6 Å². The zero-order chi connectivity index (χ0) is 17.6. The van der Waals surface area contributed by atoms with Gasteiger partial charge >= 0.3 is 5.97 Å². The minimum Gasteiger partial charge on any atom is -0.481 e. The fourth-order valence-corrected chi connectivity index (χ4v) is 4.75. The fraction of sp³-hybridized carbons (Fsp3) is 0.444. The molecule has 2 aromatic rings. The molecule has 2 atom stereocenters. The van der Waals surface area contributed by atoms with Gasteiger partial charge in [0.15, 0.2) is 0 Å². The Labute approximate surface area is 150 Å². The highest BCUT2D eigenvalue weighted by atomic mass is 32.2. The Bertz CT molecular complexity index is 868. The summed E-state index contributed by atoms with van der Waals surface area (Å²) >= 11 is 1.58. The second-order valence-electron chi connectivity index (χ2n) is 6.75. The molecule has 0 bridgehead atoms. The van der Waals surface area contributed by atoms with E-state index in [-0.39, 0.29) is 12.5 Å². The van der Waals surface area contributed by atoms with Crippen molar-refractivity contribution in [1.29, 1.82) is 0 Å². The quantitative estimate of drug-likeness (QED) is 0.819. The van der Waals surface area contributed by atoms with Crippen molar-refractivity contribution in [1.82, 2.24) is 4.68 Å². The number of nitrogen functional groups attached to an aromatic ring is 1. The number of aryl methyl sites for hydroxylation is 1. The topological polar surface area (TPSA) is 89.8 Å². The van der Waals surface area contributed by atoms with Gasteiger partial charge in [0.25, 0.3) is 0 Å². The summed E-state index contributed by atoms with van der Waals surface area (Å²) in [6.45, 7) is 3.62. The number of carboxylic acid groups (broad SMARTS) is 1. The number of ether oxygens (including phenoxy) is 1. The van der Waals surface area contributed by atoms with Crippen molar-refractivity contribution in [2.75, 3.05) is 24.8 Å². The fourth-order valence-electron chi connectivity index (χ4n) is 3.68. The average Bonchev–Trinajstić information content (AvgIpc) is 3.26. The molecule has 1 saturated heterocycles. The van der Waals surface area contributed by atoms with Crippen LogP contribution in [0.15, 0.2) is 23.2 Å². The van der Waals surface area contributed by atoms with Crippen LogP contribution in [0, 0.1) is 6.92 Å². The van der Waals surface area contributed by atoms with Gasteiger partial charge in [0.1, 0.15) is 5.04 Å². The van der Waals surface area contributed by atoms with Gasteiger partial charge in [-0.25, -0.2) is 0 Å². The van der Waals surface area contributed by atoms with E-state index < -0.39 is 5.97 Å². The number of carboxylic acids is 1. The highest BCUT2D eigenvalue weighted by Gasteiger charge is 2.27. The summed E-state index contributed by atoms with van der Waals surface area (Å²) in [6.07, 6.45) is 1.07. The summed E-state index contributed by atoms with van der Waals surface area (Å²) in [5.74, 6) is 6.68. The monoisotopic (exact) mass is 359 g/mol. The van der Waals surface area contributed by atoms with Crippen LogP contribution in [0.5, 0.6) is 0 Å². The number of carbonyl (C=O) groups is 1. The molecule has 0 radical (unpaired) electrons. The van der Waals surface area contributed by atoms with Crippen molar-refractivity contribution in [2.24, 2.45) is 4.99 Å². The first-order valence-electron chi connectivity index (χ1n) is 8.44. The van der Waals surface area contributed by atoms with E-state index >= 15 is 0 Å². The van der Waals surface area contributed by atoms with Gasteiger partial charge in [0.2, 0.25) is 0 Å². The normalized spacial score (nSPS) is 23.3. The molecule has 6 nitrogen and oxygen atoms in total. The first-order valence-corrected chi connectivity index (χ1v) is 9.43. The molecule has 1 aromatic carbocycles. The van der Waals surface area contributed by atoms with E-state index in [9.17, 15) is 4.79 Å². The Balaban J connectivity index is 1.78. The van der Waals surface area contributed by atoms with Crippen LogP contribution in [0.2, 0.25) is 0 Å². The van der Waals surface area contributed by atoms with Gasteiger partial charge in [-0.3, -0.25) is 14.5 Å². The highest BCUT2D eigenvalue weighted by molar-refractivity contribution is 8.14. The molecule has 2 aliphatic rings. The van der Waals surface area contributed by atoms with E-state index in [4.69, 9.17) is 15.7 Å². The Hall–Kier alpha value is -1.99. The van der Waals surface area contributed by atoms with Gasteiger partial charge in [-0.15, -0.1) is 11.8 Å². The Morgan fingerprint density at radius 2 is 2.32 bits per heavy atom. The highest BCUT2D eigenvalue weighted by Crippen LogP contribution is 2.35. The standard InChI is InChI=1S/C18H21N3O3S/c1-10-4-12-6-15(18-20-13(9-25-18)7-16(22)23)21(19)17(12)14(5-10)11-2-3-24-8-11/h4-6,11,13H,2-3,7-9,19H2,1H3,(H,22,23). The largest absolute Gasteiger partial charge is 0.481 e. The van der Waals surface area contributed by atoms with Crippen LogP contribution < -0.4 is 5.84 Å². The zero-order valence-electron chi connectivity index (χ0n) is 14.1. The smallest absolute Gasteiger partial charge is 0.305 e. The minimum atomic E-state index is -0.817. The average molecular weight is 359 g/mol. The molecule has 0 spiro atoms. The van der Waals surface area contributed by atoms with Crippen LogP contribution in [0.25, 0.3) is 10.9 Å². The van der Waals surface area contributed by atoms with Crippen LogP contribution >= 0.6 is 11.8 Å². The number of aliphatic imine (C=N–C) groups is 1. The molecular weight excluding hydrogens is 338 g/mol. The first kappa shape index (κ1) is 16.5. The van der Waals surface area contributed by atoms with Crippen molar-refractivity contribution in [3.05, 3.63) is 35.0 Å². The number of nitrogens with two attached hydrogens (primary N) is 1. The lowest BCUT2D eigenvalue weighted by molar-refractivity contribution is -0.137. The summed E-state index contributed by atoms with van der Waals surface area (Å²) in [7, 11) is 0. The lowest BCUT2D eigenvalue weighted by Gasteiger charge is -2.13.